The summed E-state index contributed by atoms with van der Waals surface area (Å²) in [4.78, 5) is 16.7. The number of aromatic nitrogens is 2. The number of imidazole rings is 1. The molecule has 0 radical (unpaired) electrons. The average Bonchev–Trinajstić information content (AvgIpc) is 3.09. The number of amides is 1. The van der Waals surface area contributed by atoms with Crippen molar-refractivity contribution in [3.05, 3.63) is 94.8 Å². The summed E-state index contributed by atoms with van der Waals surface area (Å²) in [5.74, 6) is 0.352. The van der Waals surface area contributed by atoms with E-state index in [2.05, 4.69) is 25.7 Å². The Labute approximate surface area is 177 Å². The minimum absolute atomic E-state index is 0.318. The van der Waals surface area contributed by atoms with Crippen molar-refractivity contribution in [1.82, 2.24) is 14.8 Å². The molecule has 30 heavy (non-hydrogen) atoms. The van der Waals surface area contributed by atoms with Crippen molar-refractivity contribution in [3.63, 3.8) is 0 Å². The van der Waals surface area contributed by atoms with E-state index in [4.69, 9.17) is 11.6 Å². The van der Waals surface area contributed by atoms with Gasteiger partial charge >= 0.3 is 0 Å². The van der Waals surface area contributed by atoms with Crippen LogP contribution < -0.4 is 5.43 Å². The molecular formula is C22H17ClN6O. The summed E-state index contributed by atoms with van der Waals surface area (Å²) in [5.41, 5.74) is 6.03. The lowest BCUT2D eigenvalue weighted by atomic mass is 10.2. The van der Waals surface area contributed by atoms with Crippen molar-refractivity contribution in [2.75, 3.05) is 0 Å². The minimum Gasteiger partial charge on any atom is -0.283 e. The normalized spacial score (nSPS) is 11.5. The van der Waals surface area contributed by atoms with E-state index in [9.17, 15) is 4.79 Å². The second-order valence-electron chi connectivity index (χ2n) is 6.45. The molecule has 0 saturated carbocycles. The van der Waals surface area contributed by atoms with Crippen LogP contribution in [-0.4, -0.2) is 21.5 Å². The van der Waals surface area contributed by atoms with Crippen LogP contribution in [0.5, 0.6) is 0 Å². The van der Waals surface area contributed by atoms with Gasteiger partial charge in [0.05, 0.1) is 17.6 Å². The molecule has 1 amide bonds. The number of nitrogens with zero attached hydrogens (tertiary/aromatic N) is 5. The molecule has 0 aliphatic heterocycles. The smallest absolute Gasteiger partial charge is 0.271 e. The van der Waals surface area contributed by atoms with Gasteiger partial charge in [0.15, 0.2) is 5.82 Å². The molecule has 148 valence electrons. The SMILES string of the molecule is Cc1nc2ccccn2c1N=Nc1ccc(C(=O)N/N=C/c2ccc(Cl)cc2)cc1. The summed E-state index contributed by atoms with van der Waals surface area (Å²) < 4.78 is 1.87. The van der Waals surface area contributed by atoms with Gasteiger partial charge in [-0.15, -0.1) is 10.2 Å². The highest BCUT2D eigenvalue weighted by molar-refractivity contribution is 6.30. The first-order valence-electron chi connectivity index (χ1n) is 9.14. The molecule has 4 aromatic rings. The van der Waals surface area contributed by atoms with Crippen molar-refractivity contribution in [1.29, 1.82) is 0 Å². The van der Waals surface area contributed by atoms with Crippen LogP contribution in [0.3, 0.4) is 0 Å². The summed E-state index contributed by atoms with van der Waals surface area (Å²) in [6.45, 7) is 1.89. The van der Waals surface area contributed by atoms with Crippen molar-refractivity contribution in [2.45, 2.75) is 6.92 Å². The van der Waals surface area contributed by atoms with Crippen molar-refractivity contribution < 1.29 is 4.79 Å². The Balaban J connectivity index is 1.42. The Kier molecular flexibility index (Phi) is 5.63. The fraction of sp³-hybridized carbons (Fsp3) is 0.0455. The van der Waals surface area contributed by atoms with Gasteiger partial charge in [-0.3, -0.25) is 9.20 Å². The Morgan fingerprint density at radius 3 is 2.57 bits per heavy atom. The van der Waals surface area contributed by atoms with Gasteiger partial charge in [-0.05, 0) is 61.0 Å². The number of benzene rings is 2. The lowest BCUT2D eigenvalue weighted by Crippen LogP contribution is -2.17. The van der Waals surface area contributed by atoms with Gasteiger partial charge in [0.2, 0.25) is 0 Å². The maximum absolute atomic E-state index is 12.2. The molecule has 2 aromatic heterocycles. The predicted octanol–water partition coefficient (Wildman–Crippen LogP) is 5.48. The standard InChI is InChI=1S/C22H17ClN6O/c1-15-21(29-13-3-2-4-20(29)25-15)27-26-19-11-7-17(8-12-19)22(30)28-24-14-16-5-9-18(23)10-6-16/h2-14H,1H3,(H,28,30)/b24-14+,27-26?. The highest BCUT2D eigenvalue weighted by Crippen LogP contribution is 2.23. The lowest BCUT2D eigenvalue weighted by molar-refractivity contribution is 0.0955. The third-order valence-electron chi connectivity index (χ3n) is 4.31. The number of rotatable bonds is 5. The highest BCUT2D eigenvalue weighted by Gasteiger charge is 2.07. The number of hydrogen-bond acceptors (Lipinski definition) is 5. The first-order valence-corrected chi connectivity index (χ1v) is 9.52. The van der Waals surface area contributed by atoms with E-state index in [0.29, 0.717) is 22.1 Å². The molecule has 0 spiro atoms. The summed E-state index contributed by atoms with van der Waals surface area (Å²) in [5, 5.41) is 13.2. The number of pyridine rings is 1. The molecule has 0 bridgehead atoms. The number of aryl methyl sites for hydroxylation is 1. The van der Waals surface area contributed by atoms with Gasteiger partial charge in [-0.1, -0.05) is 29.8 Å². The van der Waals surface area contributed by atoms with Crippen molar-refractivity contribution >= 4 is 40.9 Å². The van der Waals surface area contributed by atoms with Gasteiger partial charge in [0.1, 0.15) is 5.65 Å². The summed E-state index contributed by atoms with van der Waals surface area (Å²) in [7, 11) is 0. The van der Waals surface area contributed by atoms with Crippen molar-refractivity contribution in [2.24, 2.45) is 15.3 Å². The third kappa shape index (κ3) is 4.42. The number of hydrogen-bond donors (Lipinski definition) is 1. The molecule has 0 atom stereocenters. The van der Waals surface area contributed by atoms with E-state index in [1.54, 1.807) is 42.6 Å². The number of carbonyl (C=O) groups is 1. The van der Waals surface area contributed by atoms with Gasteiger partial charge in [0.25, 0.3) is 5.91 Å². The number of halogens is 1. The van der Waals surface area contributed by atoms with Gasteiger partial charge in [0, 0.05) is 16.8 Å². The molecule has 0 aliphatic carbocycles. The summed E-state index contributed by atoms with van der Waals surface area (Å²) in [6, 6.07) is 19.7. The number of nitrogens with one attached hydrogen (secondary N) is 1. The lowest BCUT2D eigenvalue weighted by Gasteiger charge is -2.00. The topological polar surface area (TPSA) is 83.5 Å². The van der Waals surface area contributed by atoms with E-state index in [0.717, 1.165) is 16.9 Å². The van der Waals surface area contributed by atoms with Crippen LogP contribution in [-0.2, 0) is 0 Å². The Bertz CT molecular complexity index is 1240. The van der Waals surface area contributed by atoms with E-state index >= 15 is 0 Å². The number of azo groups is 1. The second-order valence-corrected chi connectivity index (χ2v) is 6.88. The Morgan fingerprint density at radius 2 is 1.80 bits per heavy atom. The zero-order valence-corrected chi connectivity index (χ0v) is 16.8. The van der Waals surface area contributed by atoms with Crippen molar-refractivity contribution in [3.8, 4) is 0 Å². The predicted molar refractivity (Wildman–Crippen MR) is 117 cm³/mol. The third-order valence-corrected chi connectivity index (χ3v) is 4.56. The van der Waals surface area contributed by atoms with E-state index < -0.39 is 0 Å². The summed E-state index contributed by atoms with van der Waals surface area (Å²) in [6.07, 6.45) is 3.44. The van der Waals surface area contributed by atoms with Crippen LogP contribution in [0.15, 0.2) is 88.3 Å². The zero-order chi connectivity index (χ0) is 20.9. The van der Waals surface area contributed by atoms with Crippen LogP contribution in [0.25, 0.3) is 5.65 Å². The first-order chi connectivity index (χ1) is 14.6. The first kappa shape index (κ1) is 19.5. The highest BCUT2D eigenvalue weighted by atomic mass is 35.5. The molecule has 1 N–H and O–H groups in total. The maximum Gasteiger partial charge on any atom is 0.271 e. The summed E-state index contributed by atoms with van der Waals surface area (Å²) >= 11 is 5.84. The quantitative estimate of drug-likeness (QED) is 0.265. The molecule has 8 heteroatoms. The number of hydrazone groups is 1. The molecule has 0 fully saturated rings. The Morgan fingerprint density at radius 1 is 1.03 bits per heavy atom. The van der Waals surface area contributed by atoms with Crippen LogP contribution in [0.4, 0.5) is 11.5 Å². The largest absolute Gasteiger partial charge is 0.283 e. The molecule has 4 rings (SSSR count). The van der Waals surface area contributed by atoms with Gasteiger partial charge in [-0.25, -0.2) is 10.4 Å². The molecule has 0 aliphatic rings. The number of fused-ring (bicyclic) bond motifs is 1. The molecule has 2 aromatic carbocycles. The minimum atomic E-state index is -0.318. The van der Waals surface area contributed by atoms with Crippen LogP contribution in [0.2, 0.25) is 5.02 Å². The van der Waals surface area contributed by atoms with E-state index in [-0.39, 0.29) is 5.91 Å². The van der Waals surface area contributed by atoms with Gasteiger partial charge in [-0.2, -0.15) is 5.10 Å². The average molecular weight is 417 g/mol. The van der Waals surface area contributed by atoms with Crippen LogP contribution in [0, 0.1) is 6.92 Å². The molecule has 7 nitrogen and oxygen atoms in total. The fourth-order valence-electron chi connectivity index (χ4n) is 2.78. The van der Waals surface area contributed by atoms with Crippen LogP contribution >= 0.6 is 11.6 Å². The Hall–Kier alpha value is -3.84. The van der Waals surface area contributed by atoms with Gasteiger partial charge < -0.3 is 0 Å². The van der Waals surface area contributed by atoms with Crippen LogP contribution in [0.1, 0.15) is 21.6 Å². The molecule has 0 unspecified atom stereocenters. The second kappa shape index (κ2) is 8.67. The zero-order valence-electron chi connectivity index (χ0n) is 16.0. The van der Waals surface area contributed by atoms with E-state index in [1.807, 2.05) is 47.9 Å². The maximum atomic E-state index is 12.2. The molecule has 2 heterocycles. The monoisotopic (exact) mass is 416 g/mol. The van der Waals surface area contributed by atoms with E-state index in [1.165, 1.54) is 0 Å². The molecular weight excluding hydrogens is 400 g/mol. The number of carbonyl (C=O) groups excluding carboxylic acids is 1. The molecule has 0 saturated heterocycles. The fourth-order valence-corrected chi connectivity index (χ4v) is 2.91.